The third-order valence-electron chi connectivity index (χ3n) is 3.95. The first-order valence-electron chi connectivity index (χ1n) is 8.26. The number of carbonyl (C=O) groups is 2. The van der Waals surface area contributed by atoms with E-state index in [2.05, 4.69) is 5.32 Å². The van der Waals surface area contributed by atoms with E-state index in [1.807, 2.05) is 84.9 Å². The van der Waals surface area contributed by atoms with Gasteiger partial charge in [0.15, 0.2) is 5.78 Å². The Labute approximate surface area is 147 Å². The zero-order chi connectivity index (χ0) is 17.5. The maximum absolute atomic E-state index is 12.3. The summed E-state index contributed by atoms with van der Waals surface area (Å²) >= 11 is 0. The van der Waals surface area contributed by atoms with Crippen LogP contribution in [-0.2, 0) is 4.79 Å². The zero-order valence-electron chi connectivity index (χ0n) is 13.8. The van der Waals surface area contributed by atoms with Gasteiger partial charge in [-0.25, -0.2) is 0 Å². The van der Waals surface area contributed by atoms with Gasteiger partial charge in [-0.15, -0.1) is 0 Å². The van der Waals surface area contributed by atoms with E-state index >= 15 is 0 Å². The number of rotatable bonds is 6. The molecule has 124 valence electrons. The molecule has 0 bridgehead atoms. The highest BCUT2D eigenvalue weighted by Gasteiger charge is 2.10. The van der Waals surface area contributed by atoms with E-state index < -0.39 is 0 Å². The average Bonchev–Trinajstić information content (AvgIpc) is 2.68. The number of nitrogens with one attached hydrogen (secondary N) is 1. The lowest BCUT2D eigenvalue weighted by atomic mass is 10.0. The number of ketones is 1. The van der Waals surface area contributed by atoms with Gasteiger partial charge >= 0.3 is 0 Å². The van der Waals surface area contributed by atoms with Crippen molar-refractivity contribution in [2.45, 2.75) is 12.8 Å². The van der Waals surface area contributed by atoms with Crippen LogP contribution in [0.2, 0.25) is 0 Å². The summed E-state index contributed by atoms with van der Waals surface area (Å²) in [6.45, 7) is 0. The summed E-state index contributed by atoms with van der Waals surface area (Å²) in [5.74, 6) is -0.178. The van der Waals surface area contributed by atoms with E-state index in [4.69, 9.17) is 0 Å². The molecule has 1 amide bonds. The lowest BCUT2D eigenvalue weighted by Crippen LogP contribution is -2.13. The minimum absolute atomic E-state index is 0.0252. The summed E-state index contributed by atoms with van der Waals surface area (Å²) in [6.07, 6.45) is 0.373. The van der Waals surface area contributed by atoms with Crippen molar-refractivity contribution in [2.75, 3.05) is 5.32 Å². The summed E-state index contributed by atoms with van der Waals surface area (Å²) in [7, 11) is 0. The molecule has 1 N–H and O–H groups in total. The smallest absolute Gasteiger partial charge is 0.224 e. The van der Waals surface area contributed by atoms with Crippen molar-refractivity contribution >= 4 is 17.4 Å². The molecule has 0 spiro atoms. The second-order valence-corrected chi connectivity index (χ2v) is 5.78. The van der Waals surface area contributed by atoms with Crippen LogP contribution in [0.1, 0.15) is 23.2 Å². The fourth-order valence-electron chi connectivity index (χ4n) is 2.60. The van der Waals surface area contributed by atoms with Crippen LogP contribution in [0, 0.1) is 0 Å². The van der Waals surface area contributed by atoms with Crippen LogP contribution in [0.25, 0.3) is 11.1 Å². The molecule has 0 fully saturated rings. The fourth-order valence-corrected chi connectivity index (χ4v) is 2.60. The third-order valence-corrected chi connectivity index (χ3v) is 3.95. The molecule has 25 heavy (non-hydrogen) atoms. The number of anilines is 1. The van der Waals surface area contributed by atoms with E-state index in [1.54, 1.807) is 0 Å². The standard InChI is InChI=1S/C22H19NO2/c24-21(15-16-22(25)23-20-9-5-2-6-10-20)19-13-11-18(12-14-19)17-7-3-1-4-8-17/h1-14H,15-16H2,(H,23,25). The van der Waals surface area contributed by atoms with Crippen molar-refractivity contribution in [2.24, 2.45) is 0 Å². The van der Waals surface area contributed by atoms with Crippen molar-refractivity contribution in [1.82, 2.24) is 0 Å². The van der Waals surface area contributed by atoms with Crippen LogP contribution in [0.4, 0.5) is 5.69 Å². The van der Waals surface area contributed by atoms with Crippen LogP contribution < -0.4 is 5.32 Å². The first kappa shape index (κ1) is 16.7. The molecule has 3 aromatic rings. The Morgan fingerprint density at radius 3 is 1.84 bits per heavy atom. The first-order chi connectivity index (χ1) is 12.2. The van der Waals surface area contributed by atoms with Gasteiger partial charge in [0.1, 0.15) is 0 Å². The van der Waals surface area contributed by atoms with Gasteiger partial charge < -0.3 is 5.32 Å². The Morgan fingerprint density at radius 2 is 1.20 bits per heavy atom. The number of para-hydroxylation sites is 1. The quantitative estimate of drug-likeness (QED) is 0.650. The van der Waals surface area contributed by atoms with Gasteiger partial charge in [-0.2, -0.15) is 0 Å². The fraction of sp³-hybridized carbons (Fsp3) is 0.0909. The lowest BCUT2D eigenvalue weighted by Gasteiger charge is -2.06. The van der Waals surface area contributed by atoms with Gasteiger partial charge in [-0.1, -0.05) is 72.8 Å². The second-order valence-electron chi connectivity index (χ2n) is 5.78. The molecular weight excluding hydrogens is 310 g/mol. The Morgan fingerprint density at radius 1 is 0.640 bits per heavy atom. The number of carbonyl (C=O) groups excluding carboxylic acids is 2. The molecule has 0 aromatic heterocycles. The Bertz CT molecular complexity index is 840. The first-order valence-corrected chi connectivity index (χ1v) is 8.26. The number of benzene rings is 3. The van der Waals surface area contributed by atoms with Gasteiger partial charge in [-0.05, 0) is 23.3 Å². The number of hydrogen-bond acceptors (Lipinski definition) is 2. The Balaban J connectivity index is 1.55. The van der Waals surface area contributed by atoms with Crippen molar-refractivity contribution < 1.29 is 9.59 Å². The SMILES string of the molecule is O=C(CCC(=O)c1ccc(-c2ccccc2)cc1)Nc1ccccc1. The monoisotopic (exact) mass is 329 g/mol. The molecule has 3 aromatic carbocycles. The lowest BCUT2D eigenvalue weighted by molar-refractivity contribution is -0.116. The number of amides is 1. The van der Waals surface area contributed by atoms with E-state index in [1.165, 1.54) is 0 Å². The van der Waals surface area contributed by atoms with Crippen molar-refractivity contribution in [3.8, 4) is 11.1 Å². The molecule has 0 unspecified atom stereocenters. The molecular formula is C22H19NO2. The van der Waals surface area contributed by atoms with Crippen LogP contribution in [0.5, 0.6) is 0 Å². The molecule has 0 heterocycles. The van der Waals surface area contributed by atoms with Crippen molar-refractivity contribution in [3.05, 3.63) is 90.5 Å². The van der Waals surface area contributed by atoms with Crippen LogP contribution in [0.3, 0.4) is 0 Å². The largest absolute Gasteiger partial charge is 0.326 e. The number of hydrogen-bond donors (Lipinski definition) is 1. The zero-order valence-corrected chi connectivity index (χ0v) is 13.8. The molecule has 0 saturated carbocycles. The summed E-state index contributed by atoms with van der Waals surface area (Å²) in [5.41, 5.74) is 3.56. The molecule has 0 radical (unpaired) electrons. The van der Waals surface area contributed by atoms with Crippen LogP contribution in [-0.4, -0.2) is 11.7 Å². The van der Waals surface area contributed by atoms with Crippen LogP contribution in [0.15, 0.2) is 84.9 Å². The Kier molecular flexibility index (Phi) is 5.37. The average molecular weight is 329 g/mol. The summed E-state index contributed by atoms with van der Waals surface area (Å²) in [5, 5.41) is 2.79. The van der Waals surface area contributed by atoms with Gasteiger partial charge in [-0.3, -0.25) is 9.59 Å². The van der Waals surface area contributed by atoms with Crippen LogP contribution >= 0.6 is 0 Å². The minimum Gasteiger partial charge on any atom is -0.326 e. The van der Waals surface area contributed by atoms with Gasteiger partial charge in [0.25, 0.3) is 0 Å². The molecule has 3 nitrogen and oxygen atoms in total. The summed E-state index contributed by atoms with van der Waals surface area (Å²) in [4.78, 5) is 24.2. The molecule has 0 aliphatic carbocycles. The van der Waals surface area contributed by atoms with E-state index in [0.29, 0.717) is 5.56 Å². The molecule has 0 aliphatic rings. The molecule has 0 aliphatic heterocycles. The topological polar surface area (TPSA) is 46.2 Å². The van der Waals surface area contributed by atoms with Crippen molar-refractivity contribution in [1.29, 1.82) is 0 Å². The second kappa shape index (κ2) is 8.06. The highest BCUT2D eigenvalue weighted by molar-refractivity contribution is 6.00. The normalized spacial score (nSPS) is 10.2. The maximum Gasteiger partial charge on any atom is 0.224 e. The van der Waals surface area contributed by atoms with Gasteiger partial charge in [0, 0.05) is 24.1 Å². The molecule has 0 saturated heterocycles. The van der Waals surface area contributed by atoms with E-state index in [9.17, 15) is 9.59 Å². The predicted molar refractivity (Wildman–Crippen MR) is 101 cm³/mol. The molecule has 3 rings (SSSR count). The van der Waals surface area contributed by atoms with Crippen molar-refractivity contribution in [3.63, 3.8) is 0 Å². The molecule has 3 heteroatoms. The minimum atomic E-state index is -0.152. The van der Waals surface area contributed by atoms with E-state index in [0.717, 1.165) is 16.8 Å². The number of Topliss-reactive ketones (excluding diaryl/α,β-unsaturated/α-hetero) is 1. The maximum atomic E-state index is 12.3. The van der Waals surface area contributed by atoms with Gasteiger partial charge in [0.2, 0.25) is 5.91 Å². The predicted octanol–water partition coefficient (Wildman–Crippen LogP) is 4.96. The van der Waals surface area contributed by atoms with Gasteiger partial charge in [0.05, 0.1) is 0 Å². The highest BCUT2D eigenvalue weighted by atomic mass is 16.2. The molecule has 0 atom stereocenters. The van der Waals surface area contributed by atoms with E-state index in [-0.39, 0.29) is 24.5 Å². The Hall–Kier alpha value is -3.20. The highest BCUT2D eigenvalue weighted by Crippen LogP contribution is 2.20. The third kappa shape index (κ3) is 4.64. The summed E-state index contributed by atoms with van der Waals surface area (Å²) < 4.78 is 0. The summed E-state index contributed by atoms with van der Waals surface area (Å²) in [6, 6.07) is 26.8.